The van der Waals surface area contributed by atoms with Gasteiger partial charge in [-0.1, -0.05) is 0 Å². The van der Waals surface area contributed by atoms with Gasteiger partial charge in [0, 0.05) is 18.8 Å². The van der Waals surface area contributed by atoms with Crippen molar-refractivity contribution in [1.29, 1.82) is 0 Å². The summed E-state index contributed by atoms with van der Waals surface area (Å²) in [4.78, 5) is 24.9. The third-order valence-corrected chi connectivity index (χ3v) is 2.79. The van der Waals surface area contributed by atoms with Crippen molar-refractivity contribution in [1.82, 2.24) is 4.90 Å². The first-order valence-electron chi connectivity index (χ1n) is 6.13. The first kappa shape index (κ1) is 14.0. The van der Waals surface area contributed by atoms with Gasteiger partial charge >= 0.3 is 5.97 Å². The van der Waals surface area contributed by atoms with Gasteiger partial charge in [0.2, 0.25) is 6.79 Å². The van der Waals surface area contributed by atoms with Crippen LogP contribution in [0.25, 0.3) is 0 Å². The maximum absolute atomic E-state index is 12.2. The van der Waals surface area contributed by atoms with E-state index in [0.717, 1.165) is 0 Å². The molecule has 2 N–H and O–H groups in total. The molecule has 0 aromatic heterocycles. The number of ether oxygens (including phenoxy) is 3. The lowest BCUT2D eigenvalue weighted by molar-refractivity contribution is -0.143. The molecule has 20 heavy (non-hydrogen) atoms. The summed E-state index contributed by atoms with van der Waals surface area (Å²) in [6.07, 6.45) is 0. The number of carbonyl (C=O) groups excluding carboxylic acids is 2. The highest BCUT2D eigenvalue weighted by Crippen LogP contribution is 2.36. The molecular weight excluding hydrogens is 264 g/mol. The second-order valence-electron chi connectivity index (χ2n) is 4.26. The Balaban J connectivity index is 2.14. The number of hydrogen-bond donors (Lipinski definition) is 1. The minimum absolute atomic E-state index is 0.102. The molecule has 0 atom stereocenters. The van der Waals surface area contributed by atoms with Crippen LogP contribution in [0, 0.1) is 0 Å². The van der Waals surface area contributed by atoms with Gasteiger partial charge in [0.15, 0.2) is 11.5 Å². The van der Waals surface area contributed by atoms with Gasteiger partial charge in [-0.3, -0.25) is 9.59 Å². The molecule has 108 valence electrons. The topological polar surface area (TPSA) is 91.1 Å². The van der Waals surface area contributed by atoms with E-state index in [9.17, 15) is 9.59 Å². The predicted molar refractivity (Wildman–Crippen MR) is 70.6 cm³/mol. The molecule has 0 unspecified atom stereocenters. The van der Waals surface area contributed by atoms with Gasteiger partial charge in [0.05, 0.1) is 12.2 Å². The molecule has 1 aliphatic heterocycles. The third kappa shape index (κ3) is 2.76. The van der Waals surface area contributed by atoms with Crippen LogP contribution in [0.15, 0.2) is 12.1 Å². The fraction of sp³-hybridized carbons (Fsp3) is 0.385. The number of rotatable bonds is 4. The normalized spacial score (nSPS) is 12.1. The van der Waals surface area contributed by atoms with Crippen molar-refractivity contribution in [3.63, 3.8) is 0 Å². The van der Waals surface area contributed by atoms with Crippen LogP contribution in [0.1, 0.15) is 17.3 Å². The van der Waals surface area contributed by atoms with Gasteiger partial charge in [-0.05, 0) is 13.0 Å². The standard InChI is InChI=1S/C13H16N2O5/c1-3-18-12(16)6-15(2)13(17)8-4-10-11(5-9(8)14)20-7-19-10/h4-5H,3,6-7,14H2,1-2H3. The average Bonchev–Trinajstić information content (AvgIpc) is 2.84. The highest BCUT2D eigenvalue weighted by molar-refractivity contribution is 6.01. The summed E-state index contributed by atoms with van der Waals surface area (Å²) in [5.41, 5.74) is 6.36. The van der Waals surface area contributed by atoms with Crippen molar-refractivity contribution in [3.05, 3.63) is 17.7 Å². The fourth-order valence-electron chi connectivity index (χ4n) is 1.82. The number of nitrogens with two attached hydrogens (primary N) is 1. The van der Waals surface area contributed by atoms with Gasteiger partial charge in [-0.25, -0.2) is 0 Å². The summed E-state index contributed by atoms with van der Waals surface area (Å²) >= 11 is 0. The Kier molecular flexibility index (Phi) is 3.97. The number of amides is 1. The van der Waals surface area contributed by atoms with Crippen LogP contribution < -0.4 is 15.2 Å². The number of esters is 1. The quantitative estimate of drug-likeness (QED) is 0.642. The molecule has 7 heteroatoms. The molecule has 0 radical (unpaired) electrons. The highest BCUT2D eigenvalue weighted by atomic mass is 16.7. The fourth-order valence-corrected chi connectivity index (χ4v) is 1.82. The van der Waals surface area contributed by atoms with Crippen molar-refractivity contribution in [2.24, 2.45) is 0 Å². The Morgan fingerprint density at radius 3 is 2.65 bits per heavy atom. The van der Waals surface area contributed by atoms with E-state index < -0.39 is 5.97 Å². The van der Waals surface area contributed by atoms with Crippen LogP contribution in [0.3, 0.4) is 0 Å². The molecule has 1 aromatic carbocycles. The zero-order valence-electron chi connectivity index (χ0n) is 11.3. The predicted octanol–water partition coefficient (Wildman–Crippen LogP) is 0.633. The monoisotopic (exact) mass is 280 g/mol. The molecule has 1 aliphatic rings. The second kappa shape index (κ2) is 5.68. The summed E-state index contributed by atoms with van der Waals surface area (Å²) in [6.45, 7) is 1.94. The Morgan fingerprint density at radius 1 is 1.35 bits per heavy atom. The van der Waals surface area contributed by atoms with E-state index in [-0.39, 0.29) is 37.1 Å². The molecule has 0 saturated heterocycles. The van der Waals surface area contributed by atoms with Crippen molar-refractivity contribution in [2.75, 3.05) is 32.7 Å². The number of benzene rings is 1. The van der Waals surface area contributed by atoms with Gasteiger partial charge in [-0.2, -0.15) is 0 Å². The molecule has 0 saturated carbocycles. The van der Waals surface area contributed by atoms with Crippen LogP contribution in [-0.4, -0.2) is 43.8 Å². The maximum Gasteiger partial charge on any atom is 0.325 e. The molecule has 1 amide bonds. The second-order valence-corrected chi connectivity index (χ2v) is 4.26. The van der Waals surface area contributed by atoms with E-state index >= 15 is 0 Å². The van der Waals surface area contributed by atoms with Gasteiger partial charge in [0.25, 0.3) is 5.91 Å². The van der Waals surface area contributed by atoms with Crippen LogP contribution >= 0.6 is 0 Å². The lowest BCUT2D eigenvalue weighted by atomic mass is 10.1. The molecule has 7 nitrogen and oxygen atoms in total. The van der Waals surface area contributed by atoms with E-state index in [2.05, 4.69) is 0 Å². The highest BCUT2D eigenvalue weighted by Gasteiger charge is 2.22. The van der Waals surface area contributed by atoms with Crippen molar-refractivity contribution < 1.29 is 23.8 Å². The summed E-state index contributed by atoms with van der Waals surface area (Å²) in [5.74, 6) is 0.121. The number of anilines is 1. The number of nitrogen functional groups attached to an aromatic ring is 1. The van der Waals surface area contributed by atoms with Crippen LogP contribution in [-0.2, 0) is 9.53 Å². The smallest absolute Gasteiger partial charge is 0.325 e. The van der Waals surface area contributed by atoms with Crippen LogP contribution in [0.4, 0.5) is 5.69 Å². The molecule has 0 bridgehead atoms. The SMILES string of the molecule is CCOC(=O)CN(C)C(=O)c1cc2c(cc1N)OCO2. The molecule has 0 aliphatic carbocycles. The molecule has 0 fully saturated rings. The molecule has 1 heterocycles. The summed E-state index contributed by atoms with van der Waals surface area (Å²) in [7, 11) is 1.50. The molecular formula is C13H16N2O5. The Labute approximate surface area is 116 Å². The van der Waals surface area contributed by atoms with Crippen molar-refractivity contribution in [2.45, 2.75) is 6.92 Å². The number of nitrogens with zero attached hydrogens (tertiary/aromatic N) is 1. The van der Waals surface area contributed by atoms with Crippen LogP contribution in [0.5, 0.6) is 11.5 Å². The lowest BCUT2D eigenvalue weighted by Gasteiger charge is -2.17. The number of hydrogen-bond acceptors (Lipinski definition) is 6. The van der Waals surface area contributed by atoms with Crippen molar-refractivity contribution >= 4 is 17.6 Å². The zero-order valence-corrected chi connectivity index (χ0v) is 11.3. The van der Waals surface area contributed by atoms with Gasteiger partial charge < -0.3 is 24.8 Å². The van der Waals surface area contributed by atoms with Gasteiger partial charge in [-0.15, -0.1) is 0 Å². The maximum atomic E-state index is 12.2. The Morgan fingerprint density at radius 2 is 2.00 bits per heavy atom. The van der Waals surface area contributed by atoms with E-state index in [0.29, 0.717) is 11.5 Å². The third-order valence-electron chi connectivity index (χ3n) is 2.79. The summed E-state index contributed by atoms with van der Waals surface area (Å²) in [5, 5.41) is 0. The minimum Gasteiger partial charge on any atom is -0.465 e. The molecule has 2 rings (SSSR count). The lowest BCUT2D eigenvalue weighted by Crippen LogP contribution is -2.33. The average molecular weight is 280 g/mol. The first-order valence-corrected chi connectivity index (χ1v) is 6.13. The molecule has 0 spiro atoms. The number of carbonyl (C=O) groups is 2. The van der Waals surface area contributed by atoms with E-state index in [4.69, 9.17) is 19.9 Å². The van der Waals surface area contributed by atoms with E-state index in [1.165, 1.54) is 24.1 Å². The molecule has 1 aromatic rings. The zero-order chi connectivity index (χ0) is 14.7. The van der Waals surface area contributed by atoms with Gasteiger partial charge in [0.1, 0.15) is 6.54 Å². The summed E-state index contributed by atoms with van der Waals surface area (Å²) in [6, 6.07) is 3.05. The Bertz CT molecular complexity index is 544. The van der Waals surface area contributed by atoms with Crippen molar-refractivity contribution in [3.8, 4) is 11.5 Å². The largest absolute Gasteiger partial charge is 0.465 e. The number of likely N-dealkylation sites (N-methyl/N-ethyl adjacent to an activating group) is 1. The number of fused-ring (bicyclic) bond motifs is 1. The minimum atomic E-state index is -0.470. The first-order chi connectivity index (χ1) is 9.52. The van der Waals surface area contributed by atoms with Crippen LogP contribution in [0.2, 0.25) is 0 Å². The van der Waals surface area contributed by atoms with E-state index in [1.807, 2.05) is 0 Å². The Hall–Kier alpha value is -2.44. The summed E-state index contributed by atoms with van der Waals surface area (Å²) < 4.78 is 15.2. The van der Waals surface area contributed by atoms with E-state index in [1.54, 1.807) is 6.92 Å².